The van der Waals surface area contributed by atoms with Crippen LogP contribution in [0, 0.1) is 0 Å². The van der Waals surface area contributed by atoms with Crippen molar-refractivity contribution in [2.24, 2.45) is 0 Å². The van der Waals surface area contributed by atoms with E-state index >= 15 is 0 Å². The summed E-state index contributed by atoms with van der Waals surface area (Å²) in [5.74, 6) is 4.41. The zero-order chi connectivity index (χ0) is 40.0. The van der Waals surface area contributed by atoms with Crippen molar-refractivity contribution in [3.63, 3.8) is 0 Å². The molecule has 0 fully saturated rings. The number of benzene rings is 8. The summed E-state index contributed by atoms with van der Waals surface area (Å²) in [6, 6.07) is 60.0. The molecule has 3 heterocycles. The molecule has 1 aliphatic heterocycles. The largest absolute Gasteiger partial charge is 0.455 e. The van der Waals surface area contributed by atoms with Gasteiger partial charge in [0, 0.05) is 44.0 Å². The van der Waals surface area contributed by atoms with Gasteiger partial charge in [-0.3, -0.25) is 0 Å². The Hall–Kier alpha value is -7.83. The van der Waals surface area contributed by atoms with Gasteiger partial charge in [-0.05, 0) is 57.6 Å². The number of ether oxygens (including phenoxy) is 2. The smallest absolute Gasteiger partial charge is 0.177 e. The van der Waals surface area contributed by atoms with E-state index in [9.17, 15) is 0 Å². The van der Waals surface area contributed by atoms with E-state index in [0.717, 1.165) is 60.9 Å². The Labute approximate surface area is 346 Å². The molecule has 0 unspecified atom stereocenters. The third kappa shape index (κ3) is 5.31. The maximum atomic E-state index is 6.86. The highest BCUT2D eigenvalue weighted by molar-refractivity contribution is 6.09. The molecule has 0 spiro atoms. The lowest BCUT2D eigenvalue weighted by molar-refractivity contribution is 0.360. The molecule has 10 aromatic rings. The Kier molecular flexibility index (Phi) is 7.47. The van der Waals surface area contributed by atoms with Crippen LogP contribution in [0.1, 0.15) is 25.0 Å². The van der Waals surface area contributed by atoms with E-state index in [1.807, 2.05) is 72.8 Å². The standard InChI is InChI=1S/C54H35N3O3/c1-54(2)43-23-10-8-17-37(43)42-30-47-48(31-44(42)54)58-46-25-13-22-39(50(46)60-47)36-16-6-7-19-41(36)53-56-51(33-14-4-3-5-15-33)55-52(57-53)34-28-26-32(27-29-34)35-20-12-21-40-38-18-9-11-24-45(38)59-49(35)40/h3-31H,1-2H3. The zero-order valence-corrected chi connectivity index (χ0v) is 32.8. The van der Waals surface area contributed by atoms with Gasteiger partial charge in [-0.2, -0.15) is 0 Å². The molecule has 6 heteroatoms. The van der Waals surface area contributed by atoms with Crippen LogP contribution in [-0.2, 0) is 5.41 Å². The Balaban J connectivity index is 0.955. The SMILES string of the molecule is CC1(C)c2ccccc2-c2cc3c(cc21)Oc1cccc(-c2ccccc2-c2nc(-c4ccccc4)nc(-c4ccc(-c5cccc6c5oc5ccccc56)cc4)n2)c1O3. The number of hydrogen-bond acceptors (Lipinski definition) is 6. The van der Waals surface area contributed by atoms with Gasteiger partial charge in [0.1, 0.15) is 11.2 Å². The number of furan rings is 1. The van der Waals surface area contributed by atoms with E-state index in [2.05, 4.69) is 117 Å². The van der Waals surface area contributed by atoms with Gasteiger partial charge in [-0.15, -0.1) is 0 Å². The molecule has 1 aliphatic carbocycles. The summed E-state index contributed by atoms with van der Waals surface area (Å²) in [7, 11) is 0. The van der Waals surface area contributed by atoms with Crippen molar-refractivity contribution in [2.45, 2.75) is 19.3 Å². The average Bonchev–Trinajstić information content (AvgIpc) is 3.79. The molecule has 0 atom stereocenters. The maximum absolute atomic E-state index is 6.86. The molecule has 2 aromatic heterocycles. The van der Waals surface area contributed by atoms with Crippen LogP contribution in [0.25, 0.3) is 89.5 Å². The Morgan fingerprint density at radius 3 is 1.82 bits per heavy atom. The van der Waals surface area contributed by atoms with Gasteiger partial charge in [-0.25, -0.2) is 15.0 Å². The second-order valence-corrected chi connectivity index (χ2v) is 15.9. The summed E-state index contributed by atoms with van der Waals surface area (Å²) >= 11 is 0. The number of para-hydroxylation sites is 3. The Morgan fingerprint density at radius 2 is 0.983 bits per heavy atom. The zero-order valence-electron chi connectivity index (χ0n) is 32.8. The highest BCUT2D eigenvalue weighted by atomic mass is 16.6. The van der Waals surface area contributed by atoms with E-state index in [4.69, 9.17) is 28.8 Å². The van der Waals surface area contributed by atoms with Crippen LogP contribution in [0.2, 0.25) is 0 Å². The third-order valence-electron chi connectivity index (χ3n) is 12.0. The van der Waals surface area contributed by atoms with Crippen LogP contribution in [0.15, 0.2) is 180 Å². The van der Waals surface area contributed by atoms with E-state index in [1.165, 1.54) is 22.3 Å². The van der Waals surface area contributed by atoms with Crippen molar-refractivity contribution in [1.29, 1.82) is 0 Å². The lowest BCUT2D eigenvalue weighted by Gasteiger charge is -2.26. The minimum Gasteiger partial charge on any atom is -0.455 e. The lowest BCUT2D eigenvalue weighted by atomic mass is 9.82. The molecule has 0 N–H and O–H groups in total. The van der Waals surface area contributed by atoms with Gasteiger partial charge in [0.15, 0.2) is 40.5 Å². The molecule has 0 bridgehead atoms. The van der Waals surface area contributed by atoms with Gasteiger partial charge < -0.3 is 13.9 Å². The van der Waals surface area contributed by atoms with Crippen molar-refractivity contribution in [2.75, 3.05) is 0 Å². The predicted octanol–water partition coefficient (Wildman–Crippen LogP) is 14.3. The monoisotopic (exact) mass is 773 g/mol. The molecule has 8 aromatic carbocycles. The summed E-state index contributed by atoms with van der Waals surface area (Å²) in [6.07, 6.45) is 0. The number of nitrogens with zero attached hydrogens (tertiary/aromatic N) is 3. The predicted molar refractivity (Wildman–Crippen MR) is 238 cm³/mol. The molecule has 6 nitrogen and oxygen atoms in total. The lowest BCUT2D eigenvalue weighted by Crippen LogP contribution is -2.15. The molecule has 2 aliphatic rings. The first-order valence-corrected chi connectivity index (χ1v) is 20.2. The summed E-state index contributed by atoms with van der Waals surface area (Å²) in [6.45, 7) is 4.54. The van der Waals surface area contributed by atoms with Crippen LogP contribution in [0.3, 0.4) is 0 Å². The third-order valence-corrected chi connectivity index (χ3v) is 12.0. The fourth-order valence-corrected chi connectivity index (χ4v) is 9.04. The van der Waals surface area contributed by atoms with Crippen molar-refractivity contribution in [3.05, 3.63) is 187 Å². The first-order chi connectivity index (χ1) is 29.5. The highest BCUT2D eigenvalue weighted by Crippen LogP contribution is 2.56. The van der Waals surface area contributed by atoms with Gasteiger partial charge >= 0.3 is 0 Å². The van der Waals surface area contributed by atoms with E-state index < -0.39 is 0 Å². The normalized spacial score (nSPS) is 13.2. The van der Waals surface area contributed by atoms with Crippen LogP contribution >= 0.6 is 0 Å². The minimum atomic E-state index is -0.153. The molecule has 284 valence electrons. The second-order valence-electron chi connectivity index (χ2n) is 15.9. The number of rotatable bonds is 5. The van der Waals surface area contributed by atoms with Gasteiger partial charge in [0.05, 0.1) is 0 Å². The molecular weight excluding hydrogens is 739 g/mol. The van der Waals surface area contributed by atoms with E-state index in [1.54, 1.807) is 0 Å². The maximum Gasteiger partial charge on any atom is 0.177 e. The fourth-order valence-electron chi connectivity index (χ4n) is 9.04. The molecular formula is C54H35N3O3. The topological polar surface area (TPSA) is 70.3 Å². The molecule has 12 rings (SSSR count). The number of fused-ring (bicyclic) bond motifs is 8. The second kappa shape index (κ2) is 13.1. The first-order valence-electron chi connectivity index (χ1n) is 20.2. The van der Waals surface area contributed by atoms with Crippen molar-refractivity contribution in [1.82, 2.24) is 15.0 Å². The van der Waals surface area contributed by atoms with Crippen LogP contribution in [0.4, 0.5) is 0 Å². The average molecular weight is 774 g/mol. The number of aromatic nitrogens is 3. The molecule has 60 heavy (non-hydrogen) atoms. The van der Waals surface area contributed by atoms with Crippen LogP contribution < -0.4 is 9.47 Å². The van der Waals surface area contributed by atoms with Gasteiger partial charge in [0.2, 0.25) is 0 Å². The summed E-state index contributed by atoms with van der Waals surface area (Å²) in [5, 5.41) is 2.20. The number of hydrogen-bond donors (Lipinski definition) is 0. The summed E-state index contributed by atoms with van der Waals surface area (Å²) in [4.78, 5) is 15.3. The van der Waals surface area contributed by atoms with Gasteiger partial charge in [-0.1, -0.05) is 166 Å². The molecule has 0 saturated carbocycles. The van der Waals surface area contributed by atoms with E-state index in [0.29, 0.717) is 40.5 Å². The fraction of sp³-hybridized carbons (Fsp3) is 0.0556. The van der Waals surface area contributed by atoms with Crippen molar-refractivity contribution >= 4 is 21.9 Å². The van der Waals surface area contributed by atoms with Crippen LogP contribution in [0.5, 0.6) is 23.0 Å². The van der Waals surface area contributed by atoms with E-state index in [-0.39, 0.29) is 5.41 Å². The first kappa shape index (κ1) is 34.2. The molecule has 0 radical (unpaired) electrons. The van der Waals surface area contributed by atoms with Gasteiger partial charge in [0.25, 0.3) is 0 Å². The summed E-state index contributed by atoms with van der Waals surface area (Å²) in [5.41, 5.74) is 13.0. The highest BCUT2D eigenvalue weighted by Gasteiger charge is 2.38. The quantitative estimate of drug-likeness (QED) is 0.173. The summed E-state index contributed by atoms with van der Waals surface area (Å²) < 4.78 is 19.9. The Morgan fingerprint density at radius 1 is 0.383 bits per heavy atom. The van der Waals surface area contributed by atoms with Crippen LogP contribution in [-0.4, -0.2) is 15.0 Å². The van der Waals surface area contributed by atoms with Crippen molar-refractivity contribution < 1.29 is 13.9 Å². The Bertz CT molecular complexity index is 3350. The molecule has 0 amide bonds. The minimum absolute atomic E-state index is 0.153. The van der Waals surface area contributed by atoms with Crippen molar-refractivity contribution in [3.8, 4) is 90.5 Å². The molecule has 0 saturated heterocycles.